The molecular weight excluding hydrogens is 440 g/mol. The van der Waals surface area contributed by atoms with Crippen LogP contribution in [0.4, 0.5) is 0 Å². The van der Waals surface area contributed by atoms with Crippen molar-refractivity contribution in [1.82, 2.24) is 20.5 Å². The van der Waals surface area contributed by atoms with Crippen LogP contribution in [0.5, 0.6) is 0 Å². The number of fused-ring (bicyclic) bond motifs is 2. The molecule has 4 aliphatic rings. The monoisotopic (exact) mass is 472 g/mol. The van der Waals surface area contributed by atoms with E-state index in [2.05, 4.69) is 80.9 Å². The number of nitrogens with zero attached hydrogens (tertiary/aromatic N) is 2. The van der Waals surface area contributed by atoms with Gasteiger partial charge in [0.1, 0.15) is 5.69 Å². The van der Waals surface area contributed by atoms with Crippen molar-refractivity contribution in [2.24, 2.45) is 5.92 Å². The molecule has 1 fully saturated rings. The molecule has 0 spiro atoms. The Morgan fingerprint density at radius 1 is 1.08 bits per heavy atom. The molecule has 2 N–H and O–H groups in total. The van der Waals surface area contributed by atoms with Crippen molar-refractivity contribution in [1.29, 1.82) is 0 Å². The minimum absolute atomic E-state index is 0.713. The predicted molar refractivity (Wildman–Crippen MR) is 147 cm³/mol. The molecule has 0 radical (unpaired) electrons. The van der Waals surface area contributed by atoms with Gasteiger partial charge in [0, 0.05) is 29.1 Å². The first-order valence-corrected chi connectivity index (χ1v) is 13.1. The first-order valence-electron chi connectivity index (χ1n) is 13.1. The van der Waals surface area contributed by atoms with Crippen molar-refractivity contribution in [2.75, 3.05) is 6.54 Å². The van der Waals surface area contributed by atoms with E-state index in [1.807, 2.05) is 31.3 Å². The van der Waals surface area contributed by atoms with E-state index in [9.17, 15) is 0 Å². The summed E-state index contributed by atoms with van der Waals surface area (Å²) in [6.45, 7) is 3.18. The van der Waals surface area contributed by atoms with Gasteiger partial charge in [-0.2, -0.15) is 5.10 Å². The van der Waals surface area contributed by atoms with Crippen molar-refractivity contribution >= 4 is 5.57 Å². The average Bonchev–Trinajstić information content (AvgIpc) is 3.43. The fraction of sp³-hybridized carbons (Fsp3) is 0.281. The van der Waals surface area contributed by atoms with Crippen LogP contribution in [0.15, 0.2) is 107 Å². The zero-order chi connectivity index (χ0) is 24.3. The number of pyridine rings is 1. The van der Waals surface area contributed by atoms with Gasteiger partial charge in [0.2, 0.25) is 0 Å². The molecule has 180 valence electrons. The Labute approximate surface area is 213 Å². The number of nitrogens with one attached hydrogen (secondary N) is 2. The summed E-state index contributed by atoms with van der Waals surface area (Å²) in [5.41, 5.74) is 13.6. The summed E-state index contributed by atoms with van der Waals surface area (Å²) < 4.78 is 0. The second kappa shape index (κ2) is 10.1. The van der Waals surface area contributed by atoms with Crippen LogP contribution in [-0.2, 0) is 0 Å². The van der Waals surface area contributed by atoms with Gasteiger partial charge in [0.05, 0.1) is 5.69 Å². The quantitative estimate of drug-likeness (QED) is 0.384. The zero-order valence-electron chi connectivity index (χ0n) is 20.8. The molecule has 1 saturated heterocycles. The second-order valence-corrected chi connectivity index (χ2v) is 10.1. The van der Waals surface area contributed by atoms with E-state index in [-0.39, 0.29) is 0 Å². The molecule has 2 atom stereocenters. The first kappa shape index (κ1) is 22.7. The zero-order valence-corrected chi connectivity index (χ0v) is 20.8. The standard InChI is InChI=1S/C32H32N4/c1-22-6-2-13-31(35-22)32-29(21-34-36-32)26-10-5-11-27-19-23(7-3-9-25(27)14-15-26)18-24-8-4-12-30-28(20-24)16-17-33-30/h2-3,5-8,10-11,13-15,19,21,28,30,33H,4,12,16-18,20H2,1H3,(H,34,36)/b11-5+,15-14-,26-10-. The molecule has 2 aromatic heterocycles. The highest BCUT2D eigenvalue weighted by molar-refractivity contribution is 5.84. The number of H-pyrrole nitrogens is 1. The number of rotatable bonds is 4. The molecule has 36 heavy (non-hydrogen) atoms. The SMILES string of the molecule is Cc1cccc(-c2n[nH]cc2C2=C\C=C\C3=CC(CC4=CCCC5NCCC5C4)=CC=C=C3/C=C\2)n1. The molecule has 1 aliphatic heterocycles. The van der Waals surface area contributed by atoms with E-state index >= 15 is 0 Å². The Hall–Kier alpha value is -3.72. The predicted octanol–water partition coefficient (Wildman–Crippen LogP) is 6.72. The highest BCUT2D eigenvalue weighted by Gasteiger charge is 2.28. The van der Waals surface area contributed by atoms with Crippen LogP contribution in [0.3, 0.4) is 0 Å². The van der Waals surface area contributed by atoms with Gasteiger partial charge in [-0.3, -0.25) is 10.1 Å². The van der Waals surface area contributed by atoms with E-state index in [0.29, 0.717) is 6.04 Å². The lowest BCUT2D eigenvalue weighted by molar-refractivity contribution is 0.432. The fourth-order valence-electron chi connectivity index (χ4n) is 5.78. The second-order valence-electron chi connectivity index (χ2n) is 10.1. The number of allylic oxidation sites excluding steroid dienone is 13. The molecular formula is C32H32N4. The maximum Gasteiger partial charge on any atom is 0.118 e. The Morgan fingerprint density at radius 3 is 3.00 bits per heavy atom. The van der Waals surface area contributed by atoms with Crippen LogP contribution in [0.1, 0.15) is 43.4 Å². The van der Waals surface area contributed by atoms with Gasteiger partial charge in [-0.25, -0.2) is 0 Å². The van der Waals surface area contributed by atoms with Gasteiger partial charge >= 0.3 is 0 Å². The lowest BCUT2D eigenvalue weighted by Crippen LogP contribution is -2.25. The number of hydrogen-bond donors (Lipinski definition) is 2. The summed E-state index contributed by atoms with van der Waals surface area (Å²) in [6.07, 6.45) is 27.9. The molecule has 3 aliphatic carbocycles. The van der Waals surface area contributed by atoms with Gasteiger partial charge in [0.15, 0.2) is 0 Å². The van der Waals surface area contributed by atoms with Crippen molar-refractivity contribution in [3.63, 3.8) is 0 Å². The number of aryl methyl sites for hydroxylation is 1. The van der Waals surface area contributed by atoms with Gasteiger partial charge in [-0.05, 0) is 92.5 Å². The number of hydrogen-bond acceptors (Lipinski definition) is 3. The molecule has 0 amide bonds. The third-order valence-electron chi connectivity index (χ3n) is 7.61. The summed E-state index contributed by atoms with van der Waals surface area (Å²) in [6, 6.07) is 6.75. The van der Waals surface area contributed by atoms with Crippen LogP contribution >= 0.6 is 0 Å². The molecule has 0 aromatic carbocycles. The van der Waals surface area contributed by atoms with Gasteiger partial charge in [0.25, 0.3) is 0 Å². The Bertz CT molecular complexity index is 1420. The summed E-state index contributed by atoms with van der Waals surface area (Å²) in [4.78, 5) is 4.67. The third-order valence-corrected chi connectivity index (χ3v) is 7.61. The summed E-state index contributed by atoms with van der Waals surface area (Å²) in [5.74, 6) is 0.803. The topological polar surface area (TPSA) is 53.6 Å². The lowest BCUT2D eigenvalue weighted by Gasteiger charge is -2.17. The third kappa shape index (κ3) is 4.83. The molecule has 2 aromatic rings. The van der Waals surface area contributed by atoms with Gasteiger partial charge in [-0.15, -0.1) is 5.73 Å². The summed E-state index contributed by atoms with van der Waals surface area (Å²) >= 11 is 0. The van der Waals surface area contributed by atoms with Crippen molar-refractivity contribution in [3.05, 3.63) is 118 Å². The Balaban J connectivity index is 1.24. The lowest BCUT2D eigenvalue weighted by atomic mass is 9.90. The van der Waals surface area contributed by atoms with Gasteiger partial charge in [-0.1, -0.05) is 54.2 Å². The van der Waals surface area contributed by atoms with Crippen LogP contribution in [0.25, 0.3) is 17.0 Å². The highest BCUT2D eigenvalue weighted by Crippen LogP contribution is 2.34. The normalized spacial score (nSPS) is 26.4. The average molecular weight is 473 g/mol. The Morgan fingerprint density at radius 2 is 2.06 bits per heavy atom. The van der Waals surface area contributed by atoms with E-state index in [4.69, 9.17) is 0 Å². The maximum absolute atomic E-state index is 4.67. The minimum atomic E-state index is 0.713. The molecule has 4 heteroatoms. The molecule has 4 nitrogen and oxygen atoms in total. The van der Waals surface area contributed by atoms with E-state index < -0.39 is 0 Å². The molecule has 2 unspecified atom stereocenters. The largest absolute Gasteiger partial charge is 0.314 e. The summed E-state index contributed by atoms with van der Waals surface area (Å²) in [5, 5.41) is 11.2. The van der Waals surface area contributed by atoms with Gasteiger partial charge < -0.3 is 5.32 Å². The van der Waals surface area contributed by atoms with Crippen LogP contribution < -0.4 is 5.32 Å². The first-order chi connectivity index (χ1) is 17.7. The van der Waals surface area contributed by atoms with E-state index in [1.165, 1.54) is 43.4 Å². The minimum Gasteiger partial charge on any atom is -0.314 e. The number of aromatic nitrogens is 3. The van der Waals surface area contributed by atoms with Crippen molar-refractivity contribution < 1.29 is 0 Å². The number of aromatic amines is 1. The highest BCUT2D eigenvalue weighted by atomic mass is 15.1. The van der Waals surface area contributed by atoms with Crippen molar-refractivity contribution in [2.45, 2.75) is 45.1 Å². The fourth-order valence-corrected chi connectivity index (χ4v) is 5.78. The molecule has 0 saturated carbocycles. The summed E-state index contributed by atoms with van der Waals surface area (Å²) in [7, 11) is 0. The van der Waals surface area contributed by atoms with Crippen LogP contribution in [0, 0.1) is 12.8 Å². The van der Waals surface area contributed by atoms with E-state index in [1.54, 1.807) is 5.57 Å². The molecule has 3 heterocycles. The van der Waals surface area contributed by atoms with Crippen LogP contribution in [0.2, 0.25) is 0 Å². The van der Waals surface area contributed by atoms with Crippen molar-refractivity contribution in [3.8, 4) is 11.4 Å². The van der Waals surface area contributed by atoms with E-state index in [0.717, 1.165) is 46.1 Å². The molecule has 0 bridgehead atoms. The maximum atomic E-state index is 4.67. The Kier molecular flexibility index (Phi) is 6.38. The smallest absolute Gasteiger partial charge is 0.118 e. The molecule has 6 rings (SSSR count). The van der Waals surface area contributed by atoms with Crippen LogP contribution in [-0.4, -0.2) is 27.8 Å².